The molecule has 0 aliphatic rings. The Kier molecular flexibility index (Phi) is 6.21. The Bertz CT molecular complexity index is 718. The first kappa shape index (κ1) is 17.8. The molecule has 0 aliphatic heterocycles. The van der Waals surface area contributed by atoms with Crippen LogP contribution in [0.3, 0.4) is 0 Å². The van der Waals surface area contributed by atoms with Gasteiger partial charge in [-0.1, -0.05) is 41.9 Å². The van der Waals surface area contributed by atoms with E-state index in [4.69, 9.17) is 16.3 Å². The van der Waals surface area contributed by atoms with E-state index in [1.165, 1.54) is 19.2 Å². The highest BCUT2D eigenvalue weighted by Gasteiger charge is 2.16. The molecule has 24 heavy (non-hydrogen) atoms. The molecule has 1 unspecified atom stereocenters. The summed E-state index contributed by atoms with van der Waals surface area (Å²) < 4.78 is 10.1. The quantitative estimate of drug-likeness (QED) is 0.813. The van der Waals surface area contributed by atoms with Crippen LogP contribution in [-0.4, -0.2) is 25.6 Å². The molecule has 0 spiro atoms. The lowest BCUT2D eigenvalue weighted by Crippen LogP contribution is -2.31. The lowest BCUT2D eigenvalue weighted by molar-refractivity contribution is -0.123. The highest BCUT2D eigenvalue weighted by Crippen LogP contribution is 2.24. The van der Waals surface area contributed by atoms with Crippen molar-refractivity contribution in [2.24, 2.45) is 0 Å². The van der Waals surface area contributed by atoms with Gasteiger partial charge in [0, 0.05) is 5.02 Å². The lowest BCUT2D eigenvalue weighted by atomic mass is 10.1. The number of ether oxygens (including phenoxy) is 2. The van der Waals surface area contributed by atoms with E-state index in [-0.39, 0.29) is 29.9 Å². The molecular formula is C18H18ClNO4. The minimum absolute atomic E-state index is 0.151. The van der Waals surface area contributed by atoms with E-state index in [2.05, 4.69) is 10.1 Å². The molecule has 0 bridgehead atoms. The van der Waals surface area contributed by atoms with E-state index in [1.54, 1.807) is 6.07 Å². The van der Waals surface area contributed by atoms with Crippen LogP contribution < -0.4 is 10.1 Å². The molecule has 1 atom stereocenters. The molecule has 0 saturated heterocycles. The minimum atomic E-state index is -0.556. The maximum absolute atomic E-state index is 12.1. The van der Waals surface area contributed by atoms with Crippen molar-refractivity contribution in [3.8, 4) is 5.75 Å². The van der Waals surface area contributed by atoms with Gasteiger partial charge in [-0.3, -0.25) is 4.79 Å². The Balaban J connectivity index is 1.99. The third kappa shape index (κ3) is 4.73. The molecule has 0 fully saturated rings. The molecule has 0 radical (unpaired) electrons. The summed E-state index contributed by atoms with van der Waals surface area (Å²) in [5.74, 6) is -0.654. The number of halogens is 1. The maximum atomic E-state index is 12.1. The summed E-state index contributed by atoms with van der Waals surface area (Å²) in [6.45, 7) is 1.65. The zero-order chi connectivity index (χ0) is 17.5. The van der Waals surface area contributed by atoms with Gasteiger partial charge in [-0.05, 0) is 30.7 Å². The van der Waals surface area contributed by atoms with Gasteiger partial charge in [-0.2, -0.15) is 0 Å². The van der Waals surface area contributed by atoms with Gasteiger partial charge < -0.3 is 14.8 Å². The summed E-state index contributed by atoms with van der Waals surface area (Å²) in [5.41, 5.74) is 1.20. The second-order valence-electron chi connectivity index (χ2n) is 5.12. The van der Waals surface area contributed by atoms with E-state index >= 15 is 0 Å². The zero-order valence-corrected chi connectivity index (χ0v) is 14.2. The first-order chi connectivity index (χ1) is 11.5. The third-order valence-corrected chi connectivity index (χ3v) is 3.62. The van der Waals surface area contributed by atoms with Gasteiger partial charge in [0.05, 0.1) is 13.2 Å². The van der Waals surface area contributed by atoms with Gasteiger partial charge in [0.2, 0.25) is 0 Å². The van der Waals surface area contributed by atoms with Crippen molar-refractivity contribution in [3.05, 3.63) is 64.7 Å². The van der Waals surface area contributed by atoms with Gasteiger partial charge in [0.1, 0.15) is 11.3 Å². The molecule has 0 aliphatic carbocycles. The molecule has 2 aromatic rings. The monoisotopic (exact) mass is 347 g/mol. The molecule has 6 heteroatoms. The number of hydrogen-bond acceptors (Lipinski definition) is 4. The number of rotatable bonds is 6. The van der Waals surface area contributed by atoms with E-state index in [1.807, 2.05) is 37.3 Å². The number of hydrogen-bond donors (Lipinski definition) is 1. The summed E-state index contributed by atoms with van der Waals surface area (Å²) in [6, 6.07) is 14.0. The summed E-state index contributed by atoms with van der Waals surface area (Å²) >= 11 is 5.91. The van der Waals surface area contributed by atoms with Crippen LogP contribution in [0.4, 0.5) is 0 Å². The molecule has 0 saturated carbocycles. The van der Waals surface area contributed by atoms with Gasteiger partial charge in [-0.15, -0.1) is 0 Å². The van der Waals surface area contributed by atoms with E-state index in [9.17, 15) is 9.59 Å². The van der Waals surface area contributed by atoms with Gasteiger partial charge in [-0.25, -0.2) is 4.79 Å². The third-order valence-electron chi connectivity index (χ3n) is 3.38. The number of carbonyl (C=O) groups is 2. The van der Waals surface area contributed by atoms with Crippen molar-refractivity contribution in [2.45, 2.75) is 13.0 Å². The standard InChI is InChI=1S/C18H18ClNO4/c1-12(13-6-4-3-5-7-13)20-17(21)11-24-16-10-14(19)8-9-15(16)18(22)23-2/h3-10,12H,11H2,1-2H3,(H,20,21). The number of esters is 1. The summed E-state index contributed by atoms with van der Waals surface area (Å²) in [4.78, 5) is 23.8. The summed E-state index contributed by atoms with van der Waals surface area (Å²) in [6.07, 6.45) is 0. The Labute approximate surface area is 145 Å². The predicted molar refractivity (Wildman–Crippen MR) is 91.3 cm³/mol. The van der Waals surface area contributed by atoms with E-state index in [0.29, 0.717) is 5.02 Å². The van der Waals surface area contributed by atoms with Gasteiger partial charge >= 0.3 is 5.97 Å². The van der Waals surface area contributed by atoms with Crippen molar-refractivity contribution in [1.29, 1.82) is 0 Å². The SMILES string of the molecule is COC(=O)c1ccc(Cl)cc1OCC(=O)NC(C)c1ccccc1. The molecule has 2 aromatic carbocycles. The number of amides is 1. The summed E-state index contributed by atoms with van der Waals surface area (Å²) in [7, 11) is 1.27. The molecule has 5 nitrogen and oxygen atoms in total. The maximum Gasteiger partial charge on any atom is 0.341 e. The van der Waals surface area contributed by atoms with E-state index < -0.39 is 5.97 Å². The second-order valence-corrected chi connectivity index (χ2v) is 5.56. The van der Waals surface area contributed by atoms with Crippen LogP contribution in [0.1, 0.15) is 28.9 Å². The normalized spacial score (nSPS) is 11.5. The first-order valence-electron chi connectivity index (χ1n) is 7.36. The first-order valence-corrected chi connectivity index (χ1v) is 7.74. The van der Waals surface area contributed by atoms with Crippen molar-refractivity contribution in [2.75, 3.05) is 13.7 Å². The Morgan fingerprint density at radius 1 is 1.17 bits per heavy atom. The Morgan fingerprint density at radius 3 is 2.54 bits per heavy atom. The molecule has 0 heterocycles. The Morgan fingerprint density at radius 2 is 1.88 bits per heavy atom. The van der Waals surface area contributed by atoms with Crippen molar-refractivity contribution in [3.63, 3.8) is 0 Å². The second kappa shape index (κ2) is 8.36. The molecule has 1 amide bonds. The van der Waals surface area contributed by atoms with Crippen molar-refractivity contribution >= 4 is 23.5 Å². The van der Waals surface area contributed by atoms with Gasteiger partial charge in [0.15, 0.2) is 6.61 Å². The van der Waals surface area contributed by atoms with Crippen LogP contribution in [-0.2, 0) is 9.53 Å². The minimum Gasteiger partial charge on any atom is -0.483 e. The van der Waals surface area contributed by atoms with Crippen LogP contribution in [0, 0.1) is 0 Å². The molecule has 126 valence electrons. The van der Waals surface area contributed by atoms with Crippen LogP contribution in [0.5, 0.6) is 5.75 Å². The van der Waals surface area contributed by atoms with Crippen molar-refractivity contribution in [1.82, 2.24) is 5.32 Å². The average Bonchev–Trinajstić information content (AvgIpc) is 2.60. The zero-order valence-electron chi connectivity index (χ0n) is 13.4. The molecule has 1 N–H and O–H groups in total. The highest BCUT2D eigenvalue weighted by atomic mass is 35.5. The molecular weight excluding hydrogens is 330 g/mol. The van der Waals surface area contributed by atoms with Gasteiger partial charge in [0.25, 0.3) is 5.91 Å². The number of carbonyl (C=O) groups excluding carboxylic acids is 2. The topological polar surface area (TPSA) is 64.6 Å². The van der Waals surface area contributed by atoms with Crippen LogP contribution in [0.15, 0.2) is 48.5 Å². The van der Waals surface area contributed by atoms with E-state index in [0.717, 1.165) is 5.56 Å². The van der Waals surface area contributed by atoms with Crippen LogP contribution >= 0.6 is 11.6 Å². The fourth-order valence-corrected chi connectivity index (χ4v) is 2.31. The number of benzene rings is 2. The number of nitrogens with one attached hydrogen (secondary N) is 1. The van der Waals surface area contributed by atoms with Crippen LogP contribution in [0.25, 0.3) is 0 Å². The van der Waals surface area contributed by atoms with Crippen molar-refractivity contribution < 1.29 is 19.1 Å². The number of methoxy groups -OCH3 is 1. The summed E-state index contributed by atoms with van der Waals surface area (Å²) in [5, 5.41) is 3.23. The highest BCUT2D eigenvalue weighted by molar-refractivity contribution is 6.30. The molecule has 0 aromatic heterocycles. The Hall–Kier alpha value is -2.53. The largest absolute Gasteiger partial charge is 0.483 e. The smallest absolute Gasteiger partial charge is 0.341 e. The molecule has 2 rings (SSSR count). The fourth-order valence-electron chi connectivity index (χ4n) is 2.15. The fraction of sp³-hybridized carbons (Fsp3) is 0.222. The average molecular weight is 348 g/mol. The lowest BCUT2D eigenvalue weighted by Gasteiger charge is -2.15. The predicted octanol–water partition coefficient (Wildman–Crippen LogP) is 3.38. The van der Waals surface area contributed by atoms with Crippen LogP contribution in [0.2, 0.25) is 5.02 Å².